The Bertz CT molecular complexity index is 505. The molecule has 0 radical (unpaired) electrons. The summed E-state index contributed by atoms with van der Waals surface area (Å²) in [6.45, 7) is 1.76. The maximum Gasteiger partial charge on any atom is 0.252 e. The van der Waals surface area contributed by atoms with E-state index in [1.165, 1.54) is 0 Å². The van der Waals surface area contributed by atoms with Crippen molar-refractivity contribution in [2.24, 2.45) is 0 Å². The molecule has 0 spiro atoms. The number of benzene rings is 1. The third kappa shape index (κ3) is 2.07. The van der Waals surface area contributed by atoms with Crippen molar-refractivity contribution in [2.45, 2.75) is 6.92 Å². The van der Waals surface area contributed by atoms with Gasteiger partial charge in [-0.1, -0.05) is 18.2 Å². The molecule has 0 N–H and O–H groups in total. The zero-order valence-electron chi connectivity index (χ0n) is 8.03. The lowest BCUT2D eigenvalue weighted by Gasteiger charge is -1.97. The molecule has 1 heterocycles. The van der Waals surface area contributed by atoms with Crippen LogP contribution in [0.5, 0.6) is 0 Å². The minimum atomic E-state index is -0.479. The first-order chi connectivity index (χ1) is 7.16. The minimum Gasteiger partial charge on any atom is -0.441 e. The van der Waals surface area contributed by atoms with Gasteiger partial charge in [-0.25, -0.2) is 4.98 Å². The Balaban J connectivity index is 2.45. The molecule has 0 aliphatic carbocycles. The lowest BCUT2D eigenvalue weighted by atomic mass is 10.1. The minimum absolute atomic E-state index is 0.447. The molecule has 1 aromatic heterocycles. The summed E-state index contributed by atoms with van der Waals surface area (Å²) >= 11 is 5.38. The van der Waals surface area contributed by atoms with Gasteiger partial charge in [-0.2, -0.15) is 0 Å². The van der Waals surface area contributed by atoms with Crippen LogP contribution >= 0.6 is 11.6 Å². The lowest BCUT2D eigenvalue weighted by molar-refractivity contribution is 0.108. The van der Waals surface area contributed by atoms with Crippen LogP contribution in [0, 0.1) is 6.92 Å². The van der Waals surface area contributed by atoms with E-state index in [1.807, 2.05) is 6.07 Å². The number of aromatic nitrogens is 1. The number of hydrogen-bond donors (Lipinski definition) is 0. The second-order valence-corrected chi connectivity index (χ2v) is 3.44. The zero-order chi connectivity index (χ0) is 10.8. The molecule has 4 heteroatoms. The third-order valence-electron chi connectivity index (χ3n) is 2.00. The average Bonchev–Trinajstić information content (AvgIpc) is 2.65. The quantitative estimate of drug-likeness (QED) is 0.732. The van der Waals surface area contributed by atoms with E-state index in [9.17, 15) is 4.79 Å². The van der Waals surface area contributed by atoms with E-state index in [1.54, 1.807) is 31.3 Å². The molecule has 0 unspecified atom stereocenters. The average molecular weight is 222 g/mol. The Morgan fingerprint density at radius 2 is 2.27 bits per heavy atom. The zero-order valence-corrected chi connectivity index (χ0v) is 8.78. The predicted molar refractivity (Wildman–Crippen MR) is 56.9 cm³/mol. The largest absolute Gasteiger partial charge is 0.441 e. The van der Waals surface area contributed by atoms with E-state index in [0.29, 0.717) is 17.2 Å². The van der Waals surface area contributed by atoms with Crippen LogP contribution in [-0.2, 0) is 0 Å². The summed E-state index contributed by atoms with van der Waals surface area (Å²) in [5.41, 5.74) is 1.24. The van der Waals surface area contributed by atoms with Crippen molar-refractivity contribution < 1.29 is 9.21 Å². The van der Waals surface area contributed by atoms with Gasteiger partial charge in [0.15, 0.2) is 11.7 Å². The first-order valence-corrected chi connectivity index (χ1v) is 4.77. The fourth-order valence-electron chi connectivity index (χ4n) is 1.29. The van der Waals surface area contributed by atoms with Crippen molar-refractivity contribution in [1.29, 1.82) is 0 Å². The lowest BCUT2D eigenvalue weighted by Crippen LogP contribution is -1.88. The highest BCUT2D eigenvalue weighted by Crippen LogP contribution is 2.21. The molecular formula is C11H8ClNO2. The molecule has 2 rings (SSSR count). The van der Waals surface area contributed by atoms with Gasteiger partial charge in [-0.3, -0.25) is 4.79 Å². The molecule has 0 amide bonds. The molecule has 15 heavy (non-hydrogen) atoms. The fourth-order valence-corrected chi connectivity index (χ4v) is 1.41. The summed E-state index contributed by atoms with van der Waals surface area (Å²) in [5.74, 6) is 1.22. The first kappa shape index (κ1) is 9.93. The number of hydrogen-bond acceptors (Lipinski definition) is 3. The van der Waals surface area contributed by atoms with Gasteiger partial charge in [0, 0.05) is 18.1 Å². The molecule has 76 valence electrons. The SMILES string of the molecule is Cc1ncc(-c2cccc(C(=O)Cl)c2)o1. The molecule has 0 bridgehead atoms. The topological polar surface area (TPSA) is 43.1 Å². The standard InChI is InChI=1S/C11H8ClNO2/c1-7-13-6-10(15-7)8-3-2-4-9(5-8)11(12)14/h2-6H,1H3. The normalized spacial score (nSPS) is 10.3. The van der Waals surface area contributed by atoms with Crippen LogP contribution in [0.2, 0.25) is 0 Å². The van der Waals surface area contributed by atoms with Gasteiger partial charge >= 0.3 is 0 Å². The van der Waals surface area contributed by atoms with Crippen molar-refractivity contribution in [1.82, 2.24) is 4.98 Å². The third-order valence-corrected chi connectivity index (χ3v) is 2.21. The van der Waals surface area contributed by atoms with Gasteiger partial charge in [0.2, 0.25) is 0 Å². The highest BCUT2D eigenvalue weighted by Gasteiger charge is 2.07. The molecule has 0 saturated heterocycles. The highest BCUT2D eigenvalue weighted by atomic mass is 35.5. The van der Waals surface area contributed by atoms with E-state index < -0.39 is 5.24 Å². The van der Waals surface area contributed by atoms with E-state index in [0.717, 1.165) is 5.56 Å². The van der Waals surface area contributed by atoms with Gasteiger partial charge < -0.3 is 4.42 Å². The summed E-state index contributed by atoms with van der Waals surface area (Å²) in [4.78, 5) is 14.9. The van der Waals surface area contributed by atoms with E-state index in [4.69, 9.17) is 16.0 Å². The maximum absolute atomic E-state index is 11.0. The number of carbonyl (C=O) groups excluding carboxylic acids is 1. The van der Waals surface area contributed by atoms with Gasteiger partial charge in [0.05, 0.1) is 6.20 Å². The molecule has 1 aromatic carbocycles. The number of carbonyl (C=O) groups is 1. The van der Waals surface area contributed by atoms with E-state index in [-0.39, 0.29) is 0 Å². The summed E-state index contributed by atoms with van der Waals surface area (Å²) < 4.78 is 5.34. The molecule has 0 atom stereocenters. The van der Waals surface area contributed by atoms with Crippen LogP contribution < -0.4 is 0 Å². The van der Waals surface area contributed by atoms with Crippen LogP contribution in [0.4, 0.5) is 0 Å². The Kier molecular flexibility index (Phi) is 2.56. The van der Waals surface area contributed by atoms with Crippen molar-refractivity contribution >= 4 is 16.8 Å². The fraction of sp³-hybridized carbons (Fsp3) is 0.0909. The molecular weight excluding hydrogens is 214 g/mol. The Labute approximate surface area is 91.7 Å². The van der Waals surface area contributed by atoms with Crippen molar-refractivity contribution in [3.8, 4) is 11.3 Å². The highest BCUT2D eigenvalue weighted by molar-refractivity contribution is 6.67. The molecule has 0 aliphatic rings. The van der Waals surface area contributed by atoms with Gasteiger partial charge in [0.1, 0.15) is 0 Å². The molecule has 3 nitrogen and oxygen atoms in total. The Hall–Kier alpha value is -1.61. The van der Waals surface area contributed by atoms with Crippen LogP contribution in [0.3, 0.4) is 0 Å². The van der Waals surface area contributed by atoms with Crippen molar-refractivity contribution in [3.05, 3.63) is 41.9 Å². The summed E-state index contributed by atoms with van der Waals surface area (Å²) in [6.07, 6.45) is 1.62. The van der Waals surface area contributed by atoms with Gasteiger partial charge in [-0.05, 0) is 17.7 Å². The Morgan fingerprint density at radius 3 is 2.87 bits per heavy atom. The summed E-state index contributed by atoms with van der Waals surface area (Å²) in [7, 11) is 0. The Morgan fingerprint density at radius 1 is 1.47 bits per heavy atom. The first-order valence-electron chi connectivity index (χ1n) is 4.39. The van der Waals surface area contributed by atoms with E-state index >= 15 is 0 Å². The number of rotatable bonds is 2. The van der Waals surface area contributed by atoms with Crippen molar-refractivity contribution in [2.75, 3.05) is 0 Å². The maximum atomic E-state index is 11.0. The monoisotopic (exact) mass is 221 g/mol. The number of halogens is 1. The van der Waals surface area contributed by atoms with Gasteiger partial charge in [-0.15, -0.1) is 0 Å². The molecule has 2 aromatic rings. The summed E-state index contributed by atoms with van der Waals surface area (Å²) in [6, 6.07) is 6.92. The second-order valence-electron chi connectivity index (χ2n) is 3.10. The number of nitrogens with zero attached hydrogens (tertiary/aromatic N) is 1. The van der Waals surface area contributed by atoms with E-state index in [2.05, 4.69) is 4.98 Å². The molecule has 0 fully saturated rings. The van der Waals surface area contributed by atoms with Gasteiger partial charge in [0.25, 0.3) is 5.24 Å². The van der Waals surface area contributed by atoms with Crippen LogP contribution in [-0.4, -0.2) is 10.2 Å². The second kappa shape index (κ2) is 3.87. The summed E-state index contributed by atoms with van der Waals surface area (Å²) in [5, 5.41) is -0.479. The number of oxazole rings is 1. The number of aryl methyl sites for hydroxylation is 1. The molecule has 0 saturated carbocycles. The molecule has 0 aliphatic heterocycles. The smallest absolute Gasteiger partial charge is 0.252 e. The van der Waals surface area contributed by atoms with Crippen molar-refractivity contribution in [3.63, 3.8) is 0 Å². The van der Waals surface area contributed by atoms with Crippen LogP contribution in [0.15, 0.2) is 34.9 Å². The van der Waals surface area contributed by atoms with Crippen LogP contribution in [0.1, 0.15) is 16.2 Å². The van der Waals surface area contributed by atoms with Crippen LogP contribution in [0.25, 0.3) is 11.3 Å². The predicted octanol–water partition coefficient (Wildman–Crippen LogP) is 3.03.